The highest BCUT2D eigenvalue weighted by Crippen LogP contribution is 2.08. The molecular formula is C9H16N2. The van der Waals surface area contributed by atoms with Crippen molar-refractivity contribution in [2.45, 2.75) is 26.7 Å². The van der Waals surface area contributed by atoms with E-state index in [1.807, 2.05) is 0 Å². The van der Waals surface area contributed by atoms with E-state index >= 15 is 0 Å². The molecule has 0 saturated carbocycles. The molecule has 0 fully saturated rings. The molecule has 0 aromatic carbocycles. The molecule has 1 aromatic heterocycles. The molecule has 0 amide bonds. The summed E-state index contributed by atoms with van der Waals surface area (Å²) in [4.78, 5) is 7.59. The molecule has 0 atom stereocenters. The van der Waals surface area contributed by atoms with Gasteiger partial charge in [-0.2, -0.15) is 0 Å². The van der Waals surface area contributed by atoms with E-state index in [1.165, 1.54) is 5.69 Å². The summed E-state index contributed by atoms with van der Waals surface area (Å²) < 4.78 is 0. The lowest BCUT2D eigenvalue weighted by atomic mass is 10.3. The van der Waals surface area contributed by atoms with Crippen LogP contribution in [0.1, 0.15) is 32.5 Å². The molecule has 0 aliphatic heterocycles. The first-order valence-corrected chi connectivity index (χ1v) is 4.02. The lowest BCUT2D eigenvalue weighted by Crippen LogP contribution is -1.83. The van der Waals surface area contributed by atoms with Crippen LogP contribution < -0.4 is 0 Å². The molecule has 1 heterocycles. The quantitative estimate of drug-likeness (QED) is 0.708. The summed E-state index contributed by atoms with van der Waals surface area (Å²) in [5.41, 5.74) is 2.20. The van der Waals surface area contributed by atoms with Crippen LogP contribution in [0.2, 0.25) is 0 Å². The van der Waals surface area contributed by atoms with Crippen LogP contribution in [-0.2, 0) is 12.8 Å². The molecule has 1 N–H and O–H groups in total. The number of aromatic nitrogens is 2. The van der Waals surface area contributed by atoms with Crippen molar-refractivity contribution in [2.75, 3.05) is 0 Å². The molecule has 1 aromatic rings. The van der Waals surface area contributed by atoms with E-state index in [0.717, 1.165) is 24.4 Å². The summed E-state index contributed by atoms with van der Waals surface area (Å²) >= 11 is 0. The number of hydrogen-bond acceptors (Lipinski definition) is 1. The Hall–Kier alpha value is -1.05. The Labute approximate surface area is 68.8 Å². The molecule has 1 rings (SSSR count). The molecule has 0 bridgehead atoms. The molecule has 0 aliphatic carbocycles. The molecule has 11 heavy (non-hydrogen) atoms. The first kappa shape index (κ1) is 8.05. The van der Waals surface area contributed by atoms with Gasteiger partial charge in [0.2, 0.25) is 0 Å². The zero-order chi connectivity index (χ0) is 8.27. The first-order chi connectivity index (χ1) is 5.31. The summed E-state index contributed by atoms with van der Waals surface area (Å²) in [5, 5.41) is 0. The molecule has 62 valence electrons. The van der Waals surface area contributed by atoms with E-state index in [4.69, 9.17) is 0 Å². The summed E-state index contributed by atoms with van der Waals surface area (Å²) in [6.07, 6.45) is 3.75. The fourth-order valence-electron chi connectivity index (χ4n) is 1.08. The fraction of sp³-hybridized carbons (Fsp3) is 0.444. The van der Waals surface area contributed by atoms with Crippen molar-refractivity contribution in [3.63, 3.8) is 0 Å². The van der Waals surface area contributed by atoms with E-state index in [1.54, 1.807) is 6.08 Å². The van der Waals surface area contributed by atoms with Gasteiger partial charge in [0.1, 0.15) is 5.82 Å². The predicted octanol–water partition coefficient (Wildman–Crippen LogP) is 2.42. The topological polar surface area (TPSA) is 28.7 Å². The minimum absolute atomic E-state index is 0. The highest BCUT2D eigenvalue weighted by atomic mass is 14.9. The highest BCUT2D eigenvalue weighted by Gasteiger charge is 2.02. The van der Waals surface area contributed by atoms with Gasteiger partial charge in [-0.3, -0.25) is 0 Å². The molecule has 2 heteroatoms. The Bertz CT molecular complexity index is 253. The molecule has 0 unspecified atom stereocenters. The number of rotatable bonds is 3. The van der Waals surface area contributed by atoms with Crippen LogP contribution in [0.25, 0.3) is 6.08 Å². The van der Waals surface area contributed by atoms with Gasteiger partial charge in [-0.25, -0.2) is 4.98 Å². The van der Waals surface area contributed by atoms with Crippen LogP contribution in [0.5, 0.6) is 0 Å². The normalized spacial score (nSPS) is 10.0. The van der Waals surface area contributed by atoms with Gasteiger partial charge in [0.05, 0.1) is 5.69 Å². The van der Waals surface area contributed by atoms with Crippen molar-refractivity contribution in [3.8, 4) is 0 Å². The first-order valence-electron chi connectivity index (χ1n) is 4.02. The number of nitrogens with zero attached hydrogens (tertiary/aromatic N) is 1. The second kappa shape index (κ2) is 3.37. The second-order valence-corrected chi connectivity index (χ2v) is 2.46. The van der Waals surface area contributed by atoms with E-state index in [2.05, 4.69) is 30.4 Å². The Morgan fingerprint density at radius 2 is 2.27 bits per heavy atom. The highest BCUT2D eigenvalue weighted by molar-refractivity contribution is 5.45. The van der Waals surface area contributed by atoms with Gasteiger partial charge in [0, 0.05) is 13.5 Å². The van der Waals surface area contributed by atoms with Crippen molar-refractivity contribution in [1.29, 1.82) is 0 Å². The Kier molecular flexibility index (Phi) is 2.47. The third-order valence-electron chi connectivity index (χ3n) is 1.74. The van der Waals surface area contributed by atoms with E-state index in [0.29, 0.717) is 0 Å². The molecular weight excluding hydrogens is 136 g/mol. The monoisotopic (exact) mass is 152 g/mol. The maximum absolute atomic E-state index is 4.34. The van der Waals surface area contributed by atoms with E-state index in [9.17, 15) is 0 Å². The Morgan fingerprint density at radius 1 is 1.55 bits per heavy atom. The molecule has 2 nitrogen and oxygen atoms in total. The van der Waals surface area contributed by atoms with Gasteiger partial charge in [0.25, 0.3) is 0 Å². The minimum Gasteiger partial charge on any atom is -0.345 e. The predicted molar refractivity (Wildman–Crippen MR) is 49.5 cm³/mol. The van der Waals surface area contributed by atoms with Crippen LogP contribution in [0.15, 0.2) is 6.58 Å². The summed E-state index contributed by atoms with van der Waals surface area (Å²) in [6.45, 7) is 7.90. The standard InChI is InChI=1S/C9H14N2.H2/c1-4-7-8(5-2)11-9(6-3)10-7;/h4H,1,5-6H2,2-3H3,(H,10,11);1H. The fourth-order valence-corrected chi connectivity index (χ4v) is 1.08. The minimum atomic E-state index is 0. The number of H-pyrrole nitrogens is 1. The van der Waals surface area contributed by atoms with Crippen molar-refractivity contribution >= 4 is 6.08 Å². The number of hydrogen-bond donors (Lipinski definition) is 1. The van der Waals surface area contributed by atoms with Gasteiger partial charge >= 0.3 is 0 Å². The molecule has 0 saturated heterocycles. The third-order valence-corrected chi connectivity index (χ3v) is 1.74. The lowest BCUT2D eigenvalue weighted by Gasteiger charge is -1.89. The van der Waals surface area contributed by atoms with E-state index in [-0.39, 0.29) is 1.43 Å². The number of aryl methyl sites for hydroxylation is 2. The van der Waals surface area contributed by atoms with Crippen molar-refractivity contribution in [1.82, 2.24) is 9.97 Å². The number of imidazole rings is 1. The molecule has 0 spiro atoms. The van der Waals surface area contributed by atoms with Crippen molar-refractivity contribution in [3.05, 3.63) is 23.8 Å². The van der Waals surface area contributed by atoms with Crippen LogP contribution >= 0.6 is 0 Å². The van der Waals surface area contributed by atoms with Gasteiger partial charge < -0.3 is 4.98 Å². The average Bonchev–Trinajstić information content (AvgIpc) is 2.46. The van der Waals surface area contributed by atoms with Gasteiger partial charge in [-0.15, -0.1) is 0 Å². The van der Waals surface area contributed by atoms with Gasteiger partial charge in [-0.05, 0) is 12.5 Å². The summed E-state index contributed by atoms with van der Waals surface area (Å²) in [7, 11) is 0. The summed E-state index contributed by atoms with van der Waals surface area (Å²) in [5.74, 6) is 1.05. The van der Waals surface area contributed by atoms with Crippen molar-refractivity contribution < 1.29 is 1.43 Å². The second-order valence-electron chi connectivity index (χ2n) is 2.46. The Morgan fingerprint density at radius 3 is 2.64 bits per heavy atom. The van der Waals surface area contributed by atoms with Gasteiger partial charge in [0.15, 0.2) is 0 Å². The lowest BCUT2D eigenvalue weighted by molar-refractivity contribution is 0.963. The largest absolute Gasteiger partial charge is 0.345 e. The third kappa shape index (κ3) is 1.50. The van der Waals surface area contributed by atoms with Crippen LogP contribution in [0.3, 0.4) is 0 Å². The smallest absolute Gasteiger partial charge is 0.106 e. The Balaban J connectivity index is 0.00000121. The maximum Gasteiger partial charge on any atom is 0.106 e. The SMILES string of the molecule is C=Cc1nc(CC)[nH]c1CC.[HH]. The van der Waals surface area contributed by atoms with Crippen molar-refractivity contribution in [2.24, 2.45) is 0 Å². The van der Waals surface area contributed by atoms with Gasteiger partial charge in [-0.1, -0.05) is 20.4 Å². The summed E-state index contributed by atoms with van der Waals surface area (Å²) in [6, 6.07) is 0. The van der Waals surface area contributed by atoms with Crippen LogP contribution in [-0.4, -0.2) is 9.97 Å². The van der Waals surface area contributed by atoms with Crippen LogP contribution in [0, 0.1) is 0 Å². The molecule has 0 aliphatic rings. The zero-order valence-electron chi connectivity index (χ0n) is 7.15. The number of nitrogens with one attached hydrogen (secondary N) is 1. The van der Waals surface area contributed by atoms with E-state index < -0.39 is 0 Å². The van der Waals surface area contributed by atoms with Crippen LogP contribution in [0.4, 0.5) is 0 Å². The maximum atomic E-state index is 4.34. The zero-order valence-corrected chi connectivity index (χ0v) is 7.15. The number of aromatic amines is 1. The average molecular weight is 152 g/mol. The molecule has 0 radical (unpaired) electrons.